The maximum absolute atomic E-state index is 14.6. The lowest BCUT2D eigenvalue weighted by molar-refractivity contribution is -0.124. The van der Waals surface area contributed by atoms with Crippen LogP contribution in [0.5, 0.6) is 5.75 Å². The minimum atomic E-state index is -0.211. The van der Waals surface area contributed by atoms with Gasteiger partial charge in [0.05, 0.1) is 31.4 Å². The molecule has 3 heterocycles. The van der Waals surface area contributed by atoms with Gasteiger partial charge in [-0.3, -0.25) is 19.4 Å². The molecule has 262 valence electrons. The Balaban J connectivity index is 1.10. The Morgan fingerprint density at radius 2 is 1.71 bits per heavy atom. The second kappa shape index (κ2) is 13.4. The maximum atomic E-state index is 14.6. The highest BCUT2D eigenvalue weighted by atomic mass is 16.6. The molecule has 0 unspecified atom stereocenters. The summed E-state index contributed by atoms with van der Waals surface area (Å²) in [5, 5.41) is 4.52. The second-order valence-electron chi connectivity index (χ2n) is 15.8. The summed E-state index contributed by atoms with van der Waals surface area (Å²) in [6.07, 6.45) is 16.4. The average molecular weight is 669 g/mol. The number of fused-ring (bicyclic) bond motifs is 3. The van der Waals surface area contributed by atoms with Crippen LogP contribution in [0.15, 0.2) is 43.0 Å². The van der Waals surface area contributed by atoms with Crippen LogP contribution >= 0.6 is 0 Å². The quantitative estimate of drug-likeness (QED) is 0.233. The van der Waals surface area contributed by atoms with E-state index in [2.05, 4.69) is 56.0 Å². The van der Waals surface area contributed by atoms with Crippen LogP contribution in [-0.4, -0.2) is 69.5 Å². The molecule has 4 saturated carbocycles. The van der Waals surface area contributed by atoms with Gasteiger partial charge >= 0.3 is 6.09 Å². The fourth-order valence-corrected chi connectivity index (χ4v) is 8.84. The Kier molecular flexibility index (Phi) is 9.17. The SMILES string of the molecule is COc1ccc(C23CCC(CN(C(=O)C4CCC(OC(=O)N5CC(C)C5)CC4)c4cncc(-c5cnn(C(C)C)c5)n4)(CC2)CC3)cc1C. The molecule has 0 atom stereocenters. The summed E-state index contributed by atoms with van der Waals surface area (Å²) in [5.74, 6) is 2.07. The predicted molar refractivity (Wildman–Crippen MR) is 188 cm³/mol. The summed E-state index contributed by atoms with van der Waals surface area (Å²) in [5.41, 5.74) is 4.45. The summed E-state index contributed by atoms with van der Waals surface area (Å²) >= 11 is 0. The third kappa shape index (κ3) is 6.67. The zero-order valence-electron chi connectivity index (χ0n) is 29.9. The molecule has 4 aliphatic carbocycles. The molecule has 0 radical (unpaired) electrons. The van der Waals surface area contributed by atoms with Crippen molar-refractivity contribution in [3.63, 3.8) is 0 Å². The molecule has 10 heteroatoms. The van der Waals surface area contributed by atoms with Crippen LogP contribution in [0.25, 0.3) is 11.3 Å². The number of amides is 2. The van der Waals surface area contributed by atoms with Gasteiger partial charge in [0.25, 0.3) is 0 Å². The van der Waals surface area contributed by atoms with Crippen molar-refractivity contribution >= 4 is 17.8 Å². The van der Waals surface area contributed by atoms with E-state index in [0.717, 1.165) is 68.6 Å². The number of hydrogen-bond donors (Lipinski definition) is 0. The first kappa shape index (κ1) is 33.5. The molecule has 1 aromatic carbocycles. The lowest BCUT2D eigenvalue weighted by atomic mass is 9.51. The fourth-order valence-electron chi connectivity index (χ4n) is 8.84. The first-order valence-corrected chi connectivity index (χ1v) is 18.4. The van der Waals surface area contributed by atoms with Crippen molar-refractivity contribution < 1.29 is 19.1 Å². The Morgan fingerprint density at radius 3 is 2.33 bits per heavy atom. The average Bonchev–Trinajstić information content (AvgIpc) is 3.61. The van der Waals surface area contributed by atoms with Crippen LogP contribution in [0, 0.1) is 24.2 Å². The number of benzene rings is 1. The minimum Gasteiger partial charge on any atom is -0.496 e. The molecule has 8 rings (SSSR count). The fraction of sp³-hybridized carbons (Fsp3) is 0.615. The summed E-state index contributed by atoms with van der Waals surface area (Å²) in [6.45, 7) is 10.6. The molecular weight excluding hydrogens is 616 g/mol. The predicted octanol–water partition coefficient (Wildman–Crippen LogP) is 7.51. The summed E-state index contributed by atoms with van der Waals surface area (Å²) in [4.78, 5) is 40.6. The molecule has 0 N–H and O–H groups in total. The number of rotatable bonds is 9. The summed E-state index contributed by atoms with van der Waals surface area (Å²) in [7, 11) is 1.73. The summed E-state index contributed by atoms with van der Waals surface area (Å²) < 4.78 is 13.3. The molecule has 2 aromatic heterocycles. The number of hydrogen-bond acceptors (Lipinski definition) is 7. The molecule has 5 fully saturated rings. The largest absolute Gasteiger partial charge is 0.496 e. The van der Waals surface area contributed by atoms with E-state index in [1.807, 2.05) is 22.0 Å². The Hall–Kier alpha value is -3.95. The number of carbonyl (C=O) groups excluding carboxylic acids is 2. The minimum absolute atomic E-state index is 0.0419. The topological polar surface area (TPSA) is 103 Å². The van der Waals surface area contributed by atoms with E-state index in [-0.39, 0.29) is 40.9 Å². The van der Waals surface area contributed by atoms with Crippen molar-refractivity contribution in [1.82, 2.24) is 24.6 Å². The lowest BCUT2D eigenvalue weighted by Gasteiger charge is -2.55. The van der Waals surface area contributed by atoms with Crippen LogP contribution in [0.3, 0.4) is 0 Å². The van der Waals surface area contributed by atoms with E-state index in [1.165, 1.54) is 11.1 Å². The normalized spacial score (nSPS) is 26.8. The third-order valence-corrected chi connectivity index (χ3v) is 12.1. The highest BCUT2D eigenvalue weighted by Gasteiger charge is 2.51. The van der Waals surface area contributed by atoms with E-state index in [4.69, 9.17) is 14.5 Å². The van der Waals surface area contributed by atoms with Crippen molar-refractivity contribution in [3.8, 4) is 17.0 Å². The van der Waals surface area contributed by atoms with Crippen molar-refractivity contribution in [2.24, 2.45) is 17.3 Å². The standard InChI is InChI=1S/C39H52N6O4/c1-26(2)45-24-30(19-41-45)33-20-40-21-35(42-33)44(36(46)29-6-9-32(10-7-29)49-37(47)43-22-27(3)23-43)25-38-12-15-39(16-13-38,17-14-38)31-8-11-34(48-5)28(4)18-31/h8,11,18-21,24,26-27,29,32H,6-7,9-10,12-17,22-23,25H2,1-5H3. The van der Waals surface area contributed by atoms with E-state index in [1.54, 1.807) is 24.4 Å². The van der Waals surface area contributed by atoms with Gasteiger partial charge in [-0.2, -0.15) is 5.10 Å². The van der Waals surface area contributed by atoms with Crippen LogP contribution in [0.4, 0.5) is 10.6 Å². The molecule has 1 aliphatic heterocycles. The number of aryl methyl sites for hydroxylation is 1. The first-order chi connectivity index (χ1) is 23.6. The van der Waals surface area contributed by atoms with E-state index < -0.39 is 0 Å². The molecule has 2 bridgehead atoms. The van der Waals surface area contributed by atoms with E-state index in [9.17, 15) is 9.59 Å². The Labute approximate surface area is 290 Å². The highest BCUT2D eigenvalue weighted by Crippen LogP contribution is 2.58. The van der Waals surface area contributed by atoms with Crippen molar-refractivity contribution in [2.45, 2.75) is 109 Å². The number of aromatic nitrogens is 4. The smallest absolute Gasteiger partial charge is 0.410 e. The number of carbonyl (C=O) groups is 2. The molecule has 2 amide bonds. The first-order valence-electron chi connectivity index (χ1n) is 18.4. The van der Waals surface area contributed by atoms with E-state index >= 15 is 0 Å². The van der Waals surface area contributed by atoms with Gasteiger partial charge in [0.1, 0.15) is 11.9 Å². The van der Waals surface area contributed by atoms with Gasteiger partial charge in [-0.15, -0.1) is 0 Å². The van der Waals surface area contributed by atoms with Gasteiger partial charge in [-0.05, 0) is 119 Å². The summed E-state index contributed by atoms with van der Waals surface area (Å²) in [6, 6.07) is 6.94. The van der Waals surface area contributed by atoms with Crippen LogP contribution in [-0.2, 0) is 14.9 Å². The van der Waals surface area contributed by atoms with Gasteiger partial charge in [0.15, 0.2) is 5.82 Å². The van der Waals surface area contributed by atoms with Gasteiger partial charge in [0.2, 0.25) is 5.91 Å². The molecule has 0 spiro atoms. The van der Waals surface area contributed by atoms with Crippen LogP contribution in [0.1, 0.15) is 102 Å². The molecule has 3 aromatic rings. The van der Waals surface area contributed by atoms with Crippen LogP contribution in [0.2, 0.25) is 0 Å². The number of methoxy groups -OCH3 is 1. The van der Waals surface area contributed by atoms with Gasteiger partial charge in [-0.25, -0.2) is 9.78 Å². The molecule has 5 aliphatic rings. The Morgan fingerprint density at radius 1 is 1.00 bits per heavy atom. The van der Waals surface area contributed by atoms with Gasteiger partial charge in [-0.1, -0.05) is 19.1 Å². The Bertz CT molecular complexity index is 1650. The molecule has 10 nitrogen and oxygen atoms in total. The second-order valence-corrected chi connectivity index (χ2v) is 15.8. The van der Waals surface area contributed by atoms with Crippen LogP contribution < -0.4 is 9.64 Å². The number of likely N-dealkylation sites (tertiary alicyclic amines) is 1. The number of anilines is 1. The van der Waals surface area contributed by atoms with Crippen molar-refractivity contribution in [2.75, 3.05) is 31.6 Å². The van der Waals surface area contributed by atoms with Crippen molar-refractivity contribution in [3.05, 3.63) is 54.1 Å². The van der Waals surface area contributed by atoms with Gasteiger partial charge in [0, 0.05) is 43.4 Å². The monoisotopic (exact) mass is 668 g/mol. The number of ether oxygens (including phenoxy) is 2. The highest BCUT2D eigenvalue weighted by molar-refractivity contribution is 5.94. The third-order valence-electron chi connectivity index (χ3n) is 12.1. The maximum Gasteiger partial charge on any atom is 0.410 e. The zero-order chi connectivity index (χ0) is 34.3. The zero-order valence-corrected chi connectivity index (χ0v) is 29.9. The molecule has 49 heavy (non-hydrogen) atoms. The van der Waals surface area contributed by atoms with Gasteiger partial charge < -0.3 is 14.4 Å². The molecular formula is C39H52N6O4. The lowest BCUT2D eigenvalue weighted by Crippen LogP contribution is -2.52. The van der Waals surface area contributed by atoms with E-state index in [0.29, 0.717) is 44.0 Å². The van der Waals surface area contributed by atoms with Crippen molar-refractivity contribution in [1.29, 1.82) is 0 Å². The number of nitrogens with zero attached hydrogens (tertiary/aromatic N) is 6. The molecule has 1 saturated heterocycles.